The maximum Gasteiger partial charge on any atom is 0.310 e. The minimum absolute atomic E-state index is 0.0361. The van der Waals surface area contributed by atoms with Gasteiger partial charge in [-0.1, -0.05) is 15.9 Å². The van der Waals surface area contributed by atoms with Crippen LogP contribution in [0.15, 0.2) is 27.6 Å². The number of sulfonamides is 1. The lowest BCUT2D eigenvalue weighted by Crippen LogP contribution is -2.35. The van der Waals surface area contributed by atoms with Gasteiger partial charge in [0, 0.05) is 17.6 Å². The van der Waals surface area contributed by atoms with E-state index in [4.69, 9.17) is 4.74 Å². The zero-order chi connectivity index (χ0) is 15.8. The fraction of sp³-hybridized carbons (Fsp3) is 0.462. The third kappa shape index (κ3) is 2.93. The fourth-order valence-corrected chi connectivity index (χ4v) is 4.55. The number of benzene rings is 1. The maximum atomic E-state index is 12.7. The maximum absolute atomic E-state index is 12.7. The molecular weight excluding hydrogens is 362 g/mol. The van der Waals surface area contributed by atoms with E-state index in [1.54, 1.807) is 19.1 Å². The Labute approximate surface area is 131 Å². The first-order valence-electron chi connectivity index (χ1n) is 6.28. The normalized spacial score (nSPS) is 23.2. The zero-order valence-electron chi connectivity index (χ0n) is 11.7. The molecule has 1 aliphatic rings. The Morgan fingerprint density at radius 3 is 2.67 bits per heavy atom. The van der Waals surface area contributed by atoms with Gasteiger partial charge >= 0.3 is 5.97 Å². The van der Waals surface area contributed by atoms with E-state index in [1.165, 1.54) is 17.5 Å². The molecule has 0 spiro atoms. The molecule has 8 heteroatoms. The number of hydrogen-bond donors (Lipinski definition) is 1. The minimum atomic E-state index is -3.79. The Morgan fingerprint density at radius 1 is 1.48 bits per heavy atom. The first-order chi connectivity index (χ1) is 9.70. The number of methoxy groups -OCH3 is 1. The Kier molecular flexibility index (Phi) is 4.32. The van der Waals surface area contributed by atoms with Gasteiger partial charge in [-0.15, -0.1) is 0 Å². The molecule has 1 aliphatic heterocycles. The molecule has 116 valence electrons. The summed E-state index contributed by atoms with van der Waals surface area (Å²) in [6.45, 7) is 1.70. The summed E-state index contributed by atoms with van der Waals surface area (Å²) >= 11 is 3.24. The molecule has 1 unspecified atom stereocenters. The van der Waals surface area contributed by atoms with Crippen molar-refractivity contribution < 1.29 is 23.1 Å². The molecule has 1 aromatic carbocycles. The molecule has 1 saturated heterocycles. The van der Waals surface area contributed by atoms with Crippen LogP contribution in [0, 0.1) is 5.41 Å². The molecule has 1 fully saturated rings. The average Bonchev–Trinajstić information content (AvgIpc) is 2.83. The number of halogens is 1. The van der Waals surface area contributed by atoms with Crippen LogP contribution in [-0.2, 0) is 14.8 Å². The monoisotopic (exact) mass is 377 g/mol. The smallest absolute Gasteiger partial charge is 0.310 e. The van der Waals surface area contributed by atoms with Crippen LogP contribution in [0.2, 0.25) is 0 Å². The van der Waals surface area contributed by atoms with E-state index < -0.39 is 21.4 Å². The Hall–Kier alpha value is -1.12. The van der Waals surface area contributed by atoms with Crippen LogP contribution >= 0.6 is 15.9 Å². The van der Waals surface area contributed by atoms with Gasteiger partial charge in [-0.3, -0.25) is 4.79 Å². The summed E-state index contributed by atoms with van der Waals surface area (Å²) in [4.78, 5) is 11.3. The molecule has 2 rings (SSSR count). The predicted octanol–water partition coefficient (Wildman–Crippen LogP) is 1.94. The van der Waals surface area contributed by atoms with E-state index in [9.17, 15) is 18.3 Å². The van der Waals surface area contributed by atoms with Crippen molar-refractivity contribution in [1.29, 1.82) is 0 Å². The standard InChI is InChI=1S/C13H16BrNO5S/c1-13(12(16)17)5-6-15(8-13)21(18,19)11-7-9(14)3-4-10(11)20-2/h3-4,7H,5-6,8H2,1-2H3,(H,16,17). The lowest BCUT2D eigenvalue weighted by atomic mass is 9.90. The highest BCUT2D eigenvalue weighted by Gasteiger charge is 2.45. The summed E-state index contributed by atoms with van der Waals surface area (Å²) < 4.78 is 32.3. The summed E-state index contributed by atoms with van der Waals surface area (Å²) in [5.74, 6) is -0.747. The van der Waals surface area contributed by atoms with Crippen LogP contribution in [0.3, 0.4) is 0 Å². The van der Waals surface area contributed by atoms with Gasteiger partial charge in [0.25, 0.3) is 0 Å². The van der Waals surface area contributed by atoms with Crippen LogP contribution in [0.25, 0.3) is 0 Å². The summed E-state index contributed by atoms with van der Waals surface area (Å²) in [6.07, 6.45) is 0.290. The Bertz CT molecular complexity index is 675. The van der Waals surface area contributed by atoms with Crippen molar-refractivity contribution in [2.45, 2.75) is 18.2 Å². The van der Waals surface area contributed by atoms with Gasteiger partial charge in [-0.05, 0) is 31.5 Å². The van der Waals surface area contributed by atoms with E-state index in [0.29, 0.717) is 4.47 Å². The van der Waals surface area contributed by atoms with Gasteiger partial charge in [0.1, 0.15) is 10.6 Å². The van der Waals surface area contributed by atoms with Gasteiger partial charge in [0.05, 0.1) is 12.5 Å². The quantitative estimate of drug-likeness (QED) is 0.866. The van der Waals surface area contributed by atoms with E-state index in [1.807, 2.05) is 0 Å². The molecule has 1 aromatic rings. The molecule has 1 atom stereocenters. The summed E-state index contributed by atoms with van der Waals surface area (Å²) in [5, 5.41) is 9.22. The first kappa shape index (κ1) is 16.3. The van der Waals surface area contributed by atoms with E-state index in [-0.39, 0.29) is 30.2 Å². The minimum Gasteiger partial charge on any atom is -0.495 e. The van der Waals surface area contributed by atoms with Gasteiger partial charge in [0.2, 0.25) is 10.0 Å². The van der Waals surface area contributed by atoms with Gasteiger partial charge in [-0.25, -0.2) is 8.42 Å². The SMILES string of the molecule is COc1ccc(Br)cc1S(=O)(=O)N1CCC(C)(C(=O)O)C1. The van der Waals surface area contributed by atoms with Crippen LogP contribution in [0.5, 0.6) is 5.75 Å². The van der Waals surface area contributed by atoms with E-state index in [0.717, 1.165) is 0 Å². The largest absolute Gasteiger partial charge is 0.495 e. The predicted molar refractivity (Wildman–Crippen MR) is 79.8 cm³/mol. The third-order valence-electron chi connectivity index (χ3n) is 3.70. The number of aliphatic carboxylic acids is 1. The van der Waals surface area contributed by atoms with Crippen molar-refractivity contribution >= 4 is 31.9 Å². The highest BCUT2D eigenvalue weighted by molar-refractivity contribution is 9.10. The van der Waals surface area contributed by atoms with Gasteiger partial charge in [0.15, 0.2) is 0 Å². The molecule has 0 radical (unpaired) electrons. The highest BCUT2D eigenvalue weighted by atomic mass is 79.9. The molecule has 6 nitrogen and oxygen atoms in total. The number of carboxylic acid groups (broad SMARTS) is 1. The molecule has 0 aliphatic carbocycles. The van der Waals surface area contributed by atoms with Crippen LogP contribution < -0.4 is 4.74 Å². The number of hydrogen-bond acceptors (Lipinski definition) is 4. The van der Waals surface area contributed by atoms with Crippen molar-refractivity contribution in [3.8, 4) is 5.75 Å². The molecule has 21 heavy (non-hydrogen) atoms. The molecule has 0 aromatic heterocycles. The van der Waals surface area contributed by atoms with Crippen molar-refractivity contribution in [3.05, 3.63) is 22.7 Å². The molecule has 0 bridgehead atoms. The number of nitrogens with zero attached hydrogens (tertiary/aromatic N) is 1. The van der Waals surface area contributed by atoms with Crippen LogP contribution in [-0.4, -0.2) is 44.0 Å². The molecule has 0 amide bonds. The van der Waals surface area contributed by atoms with Crippen molar-refractivity contribution in [2.24, 2.45) is 5.41 Å². The lowest BCUT2D eigenvalue weighted by Gasteiger charge is -2.21. The third-order valence-corrected chi connectivity index (χ3v) is 6.06. The van der Waals surface area contributed by atoms with Crippen molar-refractivity contribution in [2.75, 3.05) is 20.2 Å². The fourth-order valence-electron chi connectivity index (χ4n) is 2.29. The summed E-state index contributed by atoms with van der Waals surface area (Å²) in [5.41, 5.74) is -1.05. The van der Waals surface area contributed by atoms with Crippen LogP contribution in [0.1, 0.15) is 13.3 Å². The second kappa shape index (κ2) is 5.58. The lowest BCUT2D eigenvalue weighted by molar-refractivity contribution is -0.146. The average molecular weight is 378 g/mol. The summed E-state index contributed by atoms with van der Waals surface area (Å²) in [6, 6.07) is 4.71. The second-order valence-electron chi connectivity index (χ2n) is 5.25. The topological polar surface area (TPSA) is 83.9 Å². The molecular formula is C13H16BrNO5S. The van der Waals surface area contributed by atoms with Crippen LogP contribution in [0.4, 0.5) is 0 Å². The van der Waals surface area contributed by atoms with E-state index >= 15 is 0 Å². The number of ether oxygens (including phenoxy) is 1. The zero-order valence-corrected chi connectivity index (χ0v) is 14.1. The Morgan fingerprint density at radius 2 is 2.14 bits per heavy atom. The molecule has 0 saturated carbocycles. The highest BCUT2D eigenvalue weighted by Crippen LogP contribution is 2.36. The number of carbonyl (C=O) groups is 1. The van der Waals surface area contributed by atoms with Crippen molar-refractivity contribution in [1.82, 2.24) is 4.31 Å². The first-order valence-corrected chi connectivity index (χ1v) is 8.51. The molecule has 1 N–H and O–H groups in total. The summed E-state index contributed by atoms with van der Waals surface area (Å²) in [7, 11) is -2.40. The van der Waals surface area contributed by atoms with E-state index in [2.05, 4.69) is 15.9 Å². The Balaban J connectivity index is 2.41. The van der Waals surface area contributed by atoms with Gasteiger partial charge in [-0.2, -0.15) is 4.31 Å². The van der Waals surface area contributed by atoms with Crippen molar-refractivity contribution in [3.63, 3.8) is 0 Å². The second-order valence-corrected chi connectivity index (χ2v) is 8.07. The number of carboxylic acids is 1. The molecule has 1 heterocycles. The number of rotatable bonds is 4. The van der Waals surface area contributed by atoms with Gasteiger partial charge < -0.3 is 9.84 Å².